The van der Waals surface area contributed by atoms with E-state index in [2.05, 4.69) is 10.1 Å². The number of benzene rings is 1. The van der Waals surface area contributed by atoms with Crippen LogP contribution >= 0.6 is 11.6 Å². The molecule has 1 aliphatic rings. The van der Waals surface area contributed by atoms with Gasteiger partial charge in [-0.3, -0.25) is 0 Å². The molecule has 1 heterocycles. The smallest absolute Gasteiger partial charge is 0.481 e. The topological polar surface area (TPSA) is 108 Å². The minimum absolute atomic E-state index is 0.0949. The largest absolute Gasteiger partial charge is 0.516 e. The van der Waals surface area contributed by atoms with E-state index in [9.17, 15) is 31.2 Å². The Morgan fingerprint density at radius 3 is 2.59 bits per heavy atom. The van der Waals surface area contributed by atoms with E-state index in [0.717, 1.165) is 31.5 Å². The Bertz CT molecular complexity index is 939. The summed E-state index contributed by atoms with van der Waals surface area (Å²) in [6.07, 6.45) is -6.68. The number of nitrogens with one attached hydrogen (secondary N) is 1. The van der Waals surface area contributed by atoms with Crippen molar-refractivity contribution in [1.82, 2.24) is 5.32 Å². The Morgan fingerprint density at radius 1 is 1.31 bits per heavy atom. The molecule has 0 radical (unpaired) electrons. The third-order valence-corrected chi connectivity index (χ3v) is 7.33. The van der Waals surface area contributed by atoms with Gasteiger partial charge in [0.05, 0.1) is 21.8 Å². The first-order valence-electron chi connectivity index (χ1n) is 9.75. The van der Waals surface area contributed by atoms with Crippen molar-refractivity contribution in [3.63, 3.8) is 0 Å². The van der Waals surface area contributed by atoms with Crippen LogP contribution in [0, 0.1) is 0 Å². The summed E-state index contributed by atoms with van der Waals surface area (Å²) in [5.74, 6) is -1.22. The molecule has 0 saturated carbocycles. The van der Waals surface area contributed by atoms with Gasteiger partial charge in [0.15, 0.2) is 15.9 Å². The molecule has 1 N–H and O–H groups in total. The van der Waals surface area contributed by atoms with Gasteiger partial charge in [-0.05, 0) is 31.9 Å². The van der Waals surface area contributed by atoms with Crippen molar-refractivity contribution in [3.05, 3.63) is 23.2 Å². The van der Waals surface area contributed by atoms with Gasteiger partial charge >= 0.3 is 18.3 Å². The number of hydrogen-bond donors (Lipinski definition) is 1. The number of unbranched alkanes of at least 4 members (excludes halogenated alkanes) is 1. The van der Waals surface area contributed by atoms with Crippen molar-refractivity contribution < 1.29 is 45.4 Å². The van der Waals surface area contributed by atoms with Gasteiger partial charge in [0.25, 0.3) is 0 Å². The van der Waals surface area contributed by atoms with Crippen molar-refractivity contribution in [2.75, 3.05) is 13.2 Å². The number of ether oxygens (including phenoxy) is 3. The molecule has 2 unspecified atom stereocenters. The average Bonchev–Trinajstić information content (AvgIpc) is 3.18. The summed E-state index contributed by atoms with van der Waals surface area (Å²) < 4.78 is 77.8. The summed E-state index contributed by atoms with van der Waals surface area (Å²) in [5, 5.41) is 1.28. The summed E-state index contributed by atoms with van der Waals surface area (Å²) >= 11 is 6.00. The Balaban J connectivity index is 2.03. The van der Waals surface area contributed by atoms with Gasteiger partial charge in [-0.2, -0.15) is 13.2 Å². The minimum atomic E-state index is -4.60. The van der Waals surface area contributed by atoms with E-state index >= 15 is 0 Å². The van der Waals surface area contributed by atoms with Crippen LogP contribution in [0.3, 0.4) is 0 Å². The molecule has 3 atom stereocenters. The van der Waals surface area contributed by atoms with E-state index in [1.54, 1.807) is 0 Å². The van der Waals surface area contributed by atoms with Crippen LogP contribution in [0.25, 0.3) is 0 Å². The molecule has 13 heteroatoms. The molecule has 0 spiro atoms. The highest BCUT2D eigenvalue weighted by Crippen LogP contribution is 2.33. The SMILES string of the molecule is CCCCOC(=O)OC(=O)C1CC(S(=O)(=O)c2ccc(O[C@@H](C)C(F)(F)F)cc2Cl)CN1. The highest BCUT2D eigenvalue weighted by molar-refractivity contribution is 7.92. The number of carbonyl (C=O) groups is 2. The van der Waals surface area contributed by atoms with Gasteiger partial charge in [0.2, 0.25) is 0 Å². The second-order valence-corrected chi connectivity index (χ2v) is 9.73. The number of rotatable bonds is 8. The first-order chi connectivity index (χ1) is 14.9. The van der Waals surface area contributed by atoms with E-state index in [4.69, 9.17) is 21.1 Å². The lowest BCUT2D eigenvalue weighted by atomic mass is 10.2. The minimum Gasteiger partial charge on any atom is -0.481 e. The van der Waals surface area contributed by atoms with Crippen LogP contribution in [0.1, 0.15) is 33.1 Å². The molecule has 180 valence electrons. The molecule has 1 aliphatic heterocycles. The van der Waals surface area contributed by atoms with E-state index in [1.165, 1.54) is 0 Å². The monoisotopic (exact) mass is 501 g/mol. The van der Waals surface area contributed by atoms with Crippen LogP contribution in [-0.2, 0) is 24.1 Å². The number of hydrogen-bond acceptors (Lipinski definition) is 8. The number of esters is 1. The molecule has 1 saturated heterocycles. The Hall–Kier alpha value is -2.05. The maximum Gasteiger partial charge on any atom is 0.516 e. The Labute approximate surface area is 188 Å². The molecule has 0 amide bonds. The lowest BCUT2D eigenvalue weighted by Crippen LogP contribution is -2.34. The molecule has 1 aromatic rings. The molecule has 1 aromatic carbocycles. The Kier molecular flexibility index (Phi) is 8.77. The lowest BCUT2D eigenvalue weighted by Gasteiger charge is -2.18. The van der Waals surface area contributed by atoms with Crippen molar-refractivity contribution in [2.45, 2.75) is 61.6 Å². The number of alkyl halides is 3. The van der Waals surface area contributed by atoms with Crippen molar-refractivity contribution in [1.29, 1.82) is 0 Å². The van der Waals surface area contributed by atoms with Crippen molar-refractivity contribution in [2.24, 2.45) is 0 Å². The second kappa shape index (κ2) is 10.7. The maximum absolute atomic E-state index is 12.9. The number of halogens is 4. The van der Waals surface area contributed by atoms with E-state index < -0.39 is 45.5 Å². The van der Waals surface area contributed by atoms with Gasteiger partial charge in [-0.1, -0.05) is 24.9 Å². The average molecular weight is 502 g/mol. The molecule has 0 aromatic heterocycles. The summed E-state index contributed by atoms with van der Waals surface area (Å²) in [7, 11) is -4.05. The highest BCUT2D eigenvalue weighted by Gasteiger charge is 2.41. The lowest BCUT2D eigenvalue weighted by molar-refractivity contribution is -0.189. The Morgan fingerprint density at radius 2 is 2.00 bits per heavy atom. The molecular formula is C19H23ClF3NO7S. The molecular weight excluding hydrogens is 479 g/mol. The van der Waals surface area contributed by atoms with Gasteiger partial charge in [-0.25, -0.2) is 18.0 Å². The second-order valence-electron chi connectivity index (χ2n) is 7.13. The van der Waals surface area contributed by atoms with Gasteiger partial charge in [-0.15, -0.1) is 0 Å². The predicted molar refractivity (Wildman–Crippen MR) is 107 cm³/mol. The van der Waals surface area contributed by atoms with Crippen LogP contribution in [-0.4, -0.2) is 57.3 Å². The van der Waals surface area contributed by atoms with Crippen LogP contribution in [0.5, 0.6) is 5.75 Å². The maximum atomic E-state index is 12.9. The third-order valence-electron chi connectivity index (χ3n) is 4.70. The highest BCUT2D eigenvalue weighted by atomic mass is 35.5. The fraction of sp³-hybridized carbons (Fsp3) is 0.579. The van der Waals surface area contributed by atoms with Gasteiger partial charge in [0, 0.05) is 12.6 Å². The summed E-state index contributed by atoms with van der Waals surface area (Å²) in [5.41, 5.74) is 0. The number of carbonyl (C=O) groups excluding carboxylic acids is 2. The van der Waals surface area contributed by atoms with E-state index in [-0.39, 0.29) is 35.2 Å². The molecule has 0 bridgehead atoms. The summed E-state index contributed by atoms with van der Waals surface area (Å²) in [6, 6.07) is 2.05. The van der Waals surface area contributed by atoms with Gasteiger partial charge < -0.3 is 19.5 Å². The zero-order valence-electron chi connectivity index (χ0n) is 17.3. The normalized spacial score (nSPS) is 19.9. The van der Waals surface area contributed by atoms with Crippen molar-refractivity contribution >= 4 is 33.6 Å². The van der Waals surface area contributed by atoms with Crippen LogP contribution in [0.4, 0.5) is 18.0 Å². The molecule has 8 nitrogen and oxygen atoms in total. The molecule has 0 aliphatic carbocycles. The van der Waals surface area contributed by atoms with E-state index in [0.29, 0.717) is 6.42 Å². The van der Waals surface area contributed by atoms with Crippen LogP contribution < -0.4 is 10.1 Å². The number of sulfone groups is 1. The third kappa shape index (κ3) is 6.72. The van der Waals surface area contributed by atoms with Gasteiger partial charge in [0.1, 0.15) is 11.8 Å². The first kappa shape index (κ1) is 26.2. The fourth-order valence-corrected chi connectivity index (χ4v) is 5.04. The standard InChI is InChI=1S/C19H23ClF3NO7S/c1-3-4-7-29-18(26)31-17(25)15-9-13(10-24-15)32(27,28)16-6-5-12(8-14(16)20)30-11(2)19(21,22)23/h5-6,8,11,13,15,24H,3-4,7,9-10H2,1-2H3/t11-,13?,15?/m0/s1. The zero-order chi connectivity index (χ0) is 24.1. The quantitative estimate of drug-likeness (QED) is 0.327. The fourth-order valence-electron chi connectivity index (χ4n) is 2.84. The molecule has 2 rings (SSSR count). The molecule has 32 heavy (non-hydrogen) atoms. The van der Waals surface area contributed by atoms with Crippen LogP contribution in [0.2, 0.25) is 5.02 Å². The summed E-state index contributed by atoms with van der Waals surface area (Å²) in [4.78, 5) is 23.3. The van der Waals surface area contributed by atoms with E-state index in [1.807, 2.05) is 6.92 Å². The van der Waals surface area contributed by atoms with Crippen molar-refractivity contribution in [3.8, 4) is 5.75 Å². The molecule has 1 fully saturated rings. The first-order valence-corrected chi connectivity index (χ1v) is 11.7. The predicted octanol–water partition coefficient (Wildman–Crippen LogP) is 3.65. The zero-order valence-corrected chi connectivity index (χ0v) is 18.8. The summed E-state index contributed by atoms with van der Waals surface area (Å²) in [6.45, 7) is 2.67. The van der Waals surface area contributed by atoms with Crippen LogP contribution in [0.15, 0.2) is 23.1 Å².